The van der Waals surface area contributed by atoms with Gasteiger partial charge in [0.05, 0.1) is 6.54 Å². The average Bonchev–Trinajstić information content (AvgIpc) is 2.35. The number of amides is 2. The third-order valence-corrected chi connectivity index (χ3v) is 2.96. The van der Waals surface area contributed by atoms with Crippen molar-refractivity contribution in [2.45, 2.75) is 39.2 Å². The minimum atomic E-state index is -0.0219. The van der Waals surface area contributed by atoms with Gasteiger partial charge in [0.2, 0.25) is 0 Å². The summed E-state index contributed by atoms with van der Waals surface area (Å²) in [6.07, 6.45) is 3.30. The van der Waals surface area contributed by atoms with E-state index < -0.39 is 0 Å². The highest BCUT2D eigenvalue weighted by molar-refractivity contribution is 5.86. The fourth-order valence-electron chi connectivity index (χ4n) is 1.94. The van der Waals surface area contributed by atoms with Gasteiger partial charge in [-0.1, -0.05) is 5.16 Å². The quantitative estimate of drug-likeness (QED) is 0.336. The summed E-state index contributed by atoms with van der Waals surface area (Å²) >= 11 is 0. The van der Waals surface area contributed by atoms with Crippen molar-refractivity contribution in [3.8, 4) is 0 Å². The van der Waals surface area contributed by atoms with Crippen molar-refractivity contribution in [3.63, 3.8) is 0 Å². The molecule has 0 radical (unpaired) electrons. The first-order chi connectivity index (χ1) is 8.06. The number of amidine groups is 1. The van der Waals surface area contributed by atoms with Crippen molar-refractivity contribution in [1.29, 1.82) is 0 Å². The first-order valence-corrected chi connectivity index (χ1v) is 6.08. The summed E-state index contributed by atoms with van der Waals surface area (Å²) in [6.45, 7) is 5.62. The molecule has 0 aromatic rings. The zero-order valence-electron chi connectivity index (χ0n) is 10.6. The van der Waals surface area contributed by atoms with Crippen molar-refractivity contribution >= 4 is 11.9 Å². The van der Waals surface area contributed by atoms with Gasteiger partial charge in [0.1, 0.15) is 0 Å². The molecule has 6 nitrogen and oxygen atoms in total. The number of carbonyl (C=O) groups is 1. The van der Waals surface area contributed by atoms with E-state index in [0.29, 0.717) is 0 Å². The summed E-state index contributed by atoms with van der Waals surface area (Å²) in [6, 6.07) is 0.0102. The van der Waals surface area contributed by atoms with Crippen LogP contribution in [0, 0.1) is 0 Å². The van der Waals surface area contributed by atoms with Crippen LogP contribution < -0.4 is 5.73 Å². The average molecular weight is 242 g/mol. The third kappa shape index (κ3) is 3.80. The first-order valence-electron chi connectivity index (χ1n) is 6.08. The number of nitrogens with two attached hydrogens (primary N) is 1. The summed E-state index contributed by atoms with van der Waals surface area (Å²) in [5.74, 6) is 0.0593. The molecule has 3 N–H and O–H groups in total. The van der Waals surface area contributed by atoms with Crippen molar-refractivity contribution in [1.82, 2.24) is 9.80 Å². The molecule has 0 saturated carbocycles. The second-order valence-corrected chi connectivity index (χ2v) is 4.64. The molecule has 1 heterocycles. The number of hydrogen-bond acceptors (Lipinski definition) is 3. The molecule has 0 aliphatic carbocycles. The van der Waals surface area contributed by atoms with Gasteiger partial charge in [-0.2, -0.15) is 0 Å². The minimum absolute atomic E-state index is 0.0219. The van der Waals surface area contributed by atoms with Gasteiger partial charge in [0, 0.05) is 19.1 Å². The molecule has 98 valence electrons. The predicted molar refractivity (Wildman–Crippen MR) is 66.1 cm³/mol. The maximum atomic E-state index is 12.3. The molecule has 1 rings (SSSR count). The minimum Gasteiger partial charge on any atom is -0.409 e. The van der Waals surface area contributed by atoms with Crippen LogP contribution in [0.25, 0.3) is 0 Å². The van der Waals surface area contributed by atoms with E-state index in [2.05, 4.69) is 5.16 Å². The molecule has 1 aliphatic heterocycles. The SMILES string of the molecule is CC(C)N(CC(N)=NO)C(=O)N1CCCCC1. The van der Waals surface area contributed by atoms with Crippen LogP contribution in [0.4, 0.5) is 4.79 Å². The Morgan fingerprint density at radius 1 is 1.41 bits per heavy atom. The smallest absolute Gasteiger partial charge is 0.320 e. The predicted octanol–water partition coefficient (Wildman–Crippen LogP) is 1.05. The van der Waals surface area contributed by atoms with Gasteiger partial charge in [0.25, 0.3) is 0 Å². The zero-order valence-corrected chi connectivity index (χ0v) is 10.6. The van der Waals surface area contributed by atoms with Gasteiger partial charge >= 0.3 is 6.03 Å². The van der Waals surface area contributed by atoms with E-state index in [0.717, 1.165) is 25.9 Å². The zero-order chi connectivity index (χ0) is 12.8. The van der Waals surface area contributed by atoms with E-state index in [-0.39, 0.29) is 24.5 Å². The maximum Gasteiger partial charge on any atom is 0.320 e. The van der Waals surface area contributed by atoms with Crippen LogP contribution >= 0.6 is 0 Å². The molecular weight excluding hydrogens is 220 g/mol. The monoisotopic (exact) mass is 242 g/mol. The summed E-state index contributed by atoms with van der Waals surface area (Å²) in [5.41, 5.74) is 5.47. The van der Waals surface area contributed by atoms with E-state index in [1.165, 1.54) is 6.42 Å². The molecule has 0 spiro atoms. The highest BCUT2D eigenvalue weighted by atomic mass is 16.4. The summed E-state index contributed by atoms with van der Waals surface area (Å²) < 4.78 is 0. The number of carbonyl (C=O) groups excluding carboxylic acids is 1. The number of hydrogen-bond donors (Lipinski definition) is 2. The van der Waals surface area contributed by atoms with Crippen LogP contribution in [0.2, 0.25) is 0 Å². The van der Waals surface area contributed by atoms with Gasteiger partial charge in [-0.25, -0.2) is 4.79 Å². The maximum absolute atomic E-state index is 12.3. The molecule has 17 heavy (non-hydrogen) atoms. The van der Waals surface area contributed by atoms with E-state index in [1.54, 1.807) is 4.90 Å². The lowest BCUT2D eigenvalue weighted by Crippen LogP contribution is -2.50. The summed E-state index contributed by atoms with van der Waals surface area (Å²) in [7, 11) is 0. The summed E-state index contributed by atoms with van der Waals surface area (Å²) in [5, 5.41) is 11.5. The number of oxime groups is 1. The molecule has 0 aromatic heterocycles. The Labute approximate surface area is 102 Å². The number of nitrogens with zero attached hydrogens (tertiary/aromatic N) is 3. The Balaban J connectivity index is 2.65. The fourth-order valence-corrected chi connectivity index (χ4v) is 1.94. The topological polar surface area (TPSA) is 82.2 Å². The van der Waals surface area contributed by atoms with Gasteiger partial charge in [-0.15, -0.1) is 0 Å². The molecule has 0 bridgehead atoms. The lowest BCUT2D eigenvalue weighted by atomic mass is 10.1. The molecule has 1 aliphatic rings. The highest BCUT2D eigenvalue weighted by Crippen LogP contribution is 2.12. The number of urea groups is 1. The van der Waals surface area contributed by atoms with E-state index in [4.69, 9.17) is 10.9 Å². The lowest BCUT2D eigenvalue weighted by molar-refractivity contribution is 0.138. The van der Waals surface area contributed by atoms with Crippen molar-refractivity contribution in [2.75, 3.05) is 19.6 Å². The standard InChI is InChI=1S/C11H22N4O2/c1-9(2)15(8-10(12)13-17)11(16)14-6-4-3-5-7-14/h9,17H,3-8H2,1-2H3,(H2,12,13). The highest BCUT2D eigenvalue weighted by Gasteiger charge is 2.25. The van der Waals surface area contributed by atoms with Crippen molar-refractivity contribution in [3.05, 3.63) is 0 Å². The van der Waals surface area contributed by atoms with Crippen LogP contribution in [0.3, 0.4) is 0 Å². The number of likely N-dealkylation sites (tertiary alicyclic amines) is 1. The number of rotatable bonds is 3. The third-order valence-electron chi connectivity index (χ3n) is 2.96. The van der Waals surface area contributed by atoms with Gasteiger partial charge in [0.15, 0.2) is 5.84 Å². The second-order valence-electron chi connectivity index (χ2n) is 4.64. The molecular formula is C11H22N4O2. The Morgan fingerprint density at radius 2 is 2.00 bits per heavy atom. The first kappa shape index (κ1) is 13.6. The Kier molecular flexibility index (Phi) is 5.06. The Morgan fingerprint density at radius 3 is 2.47 bits per heavy atom. The Hall–Kier alpha value is -1.46. The van der Waals surface area contributed by atoms with E-state index in [1.807, 2.05) is 18.7 Å². The van der Waals surface area contributed by atoms with E-state index >= 15 is 0 Å². The molecule has 0 aromatic carbocycles. The van der Waals surface area contributed by atoms with Crippen LogP contribution in [0.1, 0.15) is 33.1 Å². The molecule has 0 unspecified atom stereocenters. The molecule has 6 heteroatoms. The van der Waals surface area contributed by atoms with Gasteiger partial charge in [-0.3, -0.25) is 0 Å². The molecule has 1 fully saturated rings. The second kappa shape index (κ2) is 6.32. The number of piperidine rings is 1. The molecule has 0 atom stereocenters. The van der Waals surface area contributed by atoms with Crippen LogP contribution in [-0.4, -0.2) is 52.5 Å². The molecule has 2 amide bonds. The fraction of sp³-hybridized carbons (Fsp3) is 0.818. The van der Waals surface area contributed by atoms with Crippen molar-refractivity contribution in [2.24, 2.45) is 10.9 Å². The van der Waals surface area contributed by atoms with Gasteiger partial charge < -0.3 is 20.7 Å². The largest absolute Gasteiger partial charge is 0.409 e. The van der Waals surface area contributed by atoms with Gasteiger partial charge in [-0.05, 0) is 33.1 Å². The van der Waals surface area contributed by atoms with Crippen LogP contribution in [-0.2, 0) is 0 Å². The normalized spacial score (nSPS) is 17.4. The summed E-state index contributed by atoms with van der Waals surface area (Å²) in [4.78, 5) is 15.7. The molecule has 1 saturated heterocycles. The van der Waals surface area contributed by atoms with Crippen LogP contribution in [0.5, 0.6) is 0 Å². The van der Waals surface area contributed by atoms with Crippen molar-refractivity contribution < 1.29 is 10.0 Å². The lowest BCUT2D eigenvalue weighted by Gasteiger charge is -2.34. The van der Waals surface area contributed by atoms with E-state index in [9.17, 15) is 4.79 Å². The van der Waals surface area contributed by atoms with Crippen LogP contribution in [0.15, 0.2) is 5.16 Å². The Bertz CT molecular complexity index is 285.